The summed E-state index contributed by atoms with van der Waals surface area (Å²) in [6.07, 6.45) is 0.906. The second-order valence-corrected chi connectivity index (χ2v) is 7.12. The molecular weight excluding hydrogens is 328 g/mol. The van der Waals surface area contributed by atoms with E-state index in [1.54, 1.807) is 42.5 Å². The van der Waals surface area contributed by atoms with E-state index < -0.39 is 5.41 Å². The molecule has 0 heterocycles. The van der Waals surface area contributed by atoms with Crippen molar-refractivity contribution in [3.8, 4) is 5.75 Å². The second kappa shape index (κ2) is 8.52. The van der Waals surface area contributed by atoms with Gasteiger partial charge in [0.2, 0.25) is 5.91 Å². The molecule has 0 aromatic heterocycles. The van der Waals surface area contributed by atoms with Crippen molar-refractivity contribution in [2.24, 2.45) is 5.41 Å². The average Bonchev–Trinajstić information content (AvgIpc) is 2.59. The Morgan fingerprint density at radius 3 is 2.27 bits per heavy atom. The smallest absolute Gasteiger partial charge is 0.255 e. The van der Waals surface area contributed by atoms with E-state index in [2.05, 4.69) is 10.6 Å². The van der Waals surface area contributed by atoms with Gasteiger partial charge in [-0.05, 0) is 42.8 Å². The van der Waals surface area contributed by atoms with E-state index in [9.17, 15) is 9.59 Å². The minimum atomic E-state index is -0.488. The van der Waals surface area contributed by atoms with E-state index in [1.807, 2.05) is 33.8 Å². The maximum Gasteiger partial charge on any atom is 0.255 e. The molecule has 5 heteroatoms. The number of carbonyl (C=O) groups excluding carboxylic acids is 2. The van der Waals surface area contributed by atoms with Crippen LogP contribution in [-0.2, 0) is 4.79 Å². The molecule has 0 aliphatic rings. The fourth-order valence-corrected chi connectivity index (χ4v) is 2.14. The highest BCUT2D eigenvalue weighted by Gasteiger charge is 2.21. The first kappa shape index (κ1) is 19.5. The number of rotatable bonds is 6. The number of benzene rings is 2. The fourth-order valence-electron chi connectivity index (χ4n) is 2.14. The summed E-state index contributed by atoms with van der Waals surface area (Å²) in [6.45, 7) is 8.19. The van der Waals surface area contributed by atoms with Crippen LogP contribution in [0.5, 0.6) is 5.75 Å². The van der Waals surface area contributed by atoms with Crippen molar-refractivity contribution in [1.82, 2.24) is 0 Å². The quantitative estimate of drug-likeness (QED) is 0.789. The molecule has 0 radical (unpaired) electrons. The summed E-state index contributed by atoms with van der Waals surface area (Å²) in [4.78, 5) is 24.6. The Balaban J connectivity index is 2.07. The van der Waals surface area contributed by atoms with Gasteiger partial charge in [0.05, 0.1) is 6.61 Å². The van der Waals surface area contributed by atoms with Gasteiger partial charge in [0.25, 0.3) is 5.91 Å². The van der Waals surface area contributed by atoms with Crippen LogP contribution >= 0.6 is 0 Å². The first-order valence-corrected chi connectivity index (χ1v) is 8.75. The van der Waals surface area contributed by atoms with Crippen molar-refractivity contribution in [3.63, 3.8) is 0 Å². The Morgan fingerprint density at radius 2 is 1.62 bits per heavy atom. The molecule has 2 aromatic rings. The SMILES string of the molecule is CCCOc1cccc(C(=O)Nc2cccc(NC(=O)C(C)(C)C)c2)c1. The summed E-state index contributed by atoms with van der Waals surface area (Å²) in [6, 6.07) is 14.2. The Kier molecular flexibility index (Phi) is 6.39. The third-order valence-corrected chi connectivity index (χ3v) is 3.63. The lowest BCUT2D eigenvalue weighted by molar-refractivity contribution is -0.123. The molecule has 2 N–H and O–H groups in total. The topological polar surface area (TPSA) is 67.4 Å². The van der Waals surface area contributed by atoms with Gasteiger partial charge in [-0.1, -0.05) is 39.8 Å². The van der Waals surface area contributed by atoms with Crippen LogP contribution in [0.4, 0.5) is 11.4 Å². The molecule has 0 aliphatic carbocycles. The maximum atomic E-state index is 12.5. The fraction of sp³-hybridized carbons (Fsp3) is 0.333. The third-order valence-electron chi connectivity index (χ3n) is 3.63. The molecule has 2 amide bonds. The predicted molar refractivity (Wildman–Crippen MR) is 105 cm³/mol. The highest BCUT2D eigenvalue weighted by Crippen LogP contribution is 2.21. The number of carbonyl (C=O) groups is 2. The molecule has 0 spiro atoms. The lowest BCUT2D eigenvalue weighted by atomic mass is 9.95. The molecule has 0 bridgehead atoms. The largest absolute Gasteiger partial charge is 0.494 e. The number of amides is 2. The molecule has 138 valence electrons. The normalized spacial score (nSPS) is 10.9. The van der Waals surface area contributed by atoms with Crippen LogP contribution in [0.2, 0.25) is 0 Å². The van der Waals surface area contributed by atoms with Gasteiger partial charge in [-0.2, -0.15) is 0 Å². The number of hydrogen-bond donors (Lipinski definition) is 2. The maximum absolute atomic E-state index is 12.5. The number of nitrogens with one attached hydrogen (secondary N) is 2. The molecular formula is C21H26N2O3. The van der Waals surface area contributed by atoms with E-state index >= 15 is 0 Å². The molecule has 0 saturated heterocycles. The van der Waals surface area contributed by atoms with Crippen molar-refractivity contribution < 1.29 is 14.3 Å². The van der Waals surface area contributed by atoms with Crippen LogP contribution < -0.4 is 15.4 Å². The van der Waals surface area contributed by atoms with Crippen LogP contribution in [-0.4, -0.2) is 18.4 Å². The van der Waals surface area contributed by atoms with Crippen LogP contribution in [0.1, 0.15) is 44.5 Å². The molecule has 0 atom stereocenters. The molecule has 5 nitrogen and oxygen atoms in total. The van der Waals surface area contributed by atoms with Crippen molar-refractivity contribution in [2.45, 2.75) is 34.1 Å². The zero-order valence-electron chi connectivity index (χ0n) is 15.8. The van der Waals surface area contributed by atoms with Crippen molar-refractivity contribution in [2.75, 3.05) is 17.2 Å². The van der Waals surface area contributed by atoms with Gasteiger partial charge in [-0.25, -0.2) is 0 Å². The zero-order chi connectivity index (χ0) is 19.2. The number of hydrogen-bond acceptors (Lipinski definition) is 3. The Morgan fingerprint density at radius 1 is 0.962 bits per heavy atom. The highest BCUT2D eigenvalue weighted by molar-refractivity contribution is 6.05. The van der Waals surface area contributed by atoms with E-state index in [-0.39, 0.29) is 11.8 Å². The van der Waals surface area contributed by atoms with E-state index in [1.165, 1.54) is 0 Å². The standard InChI is InChI=1S/C21H26N2O3/c1-5-12-26-18-11-6-8-15(13-18)19(24)22-16-9-7-10-17(14-16)23-20(25)21(2,3)4/h6-11,13-14H,5,12H2,1-4H3,(H,22,24)(H,23,25). The zero-order valence-corrected chi connectivity index (χ0v) is 15.8. The van der Waals surface area contributed by atoms with Gasteiger partial charge in [0, 0.05) is 22.4 Å². The molecule has 2 rings (SSSR count). The summed E-state index contributed by atoms with van der Waals surface area (Å²) in [5.74, 6) is 0.360. The molecule has 0 saturated carbocycles. The monoisotopic (exact) mass is 354 g/mol. The van der Waals surface area contributed by atoms with Crippen LogP contribution in [0.3, 0.4) is 0 Å². The molecule has 26 heavy (non-hydrogen) atoms. The van der Waals surface area contributed by atoms with Crippen molar-refractivity contribution in [3.05, 3.63) is 54.1 Å². The summed E-state index contributed by atoms with van der Waals surface area (Å²) in [5, 5.41) is 5.71. The molecule has 0 unspecified atom stereocenters. The number of anilines is 2. The van der Waals surface area contributed by atoms with Gasteiger partial charge in [-0.15, -0.1) is 0 Å². The van der Waals surface area contributed by atoms with Gasteiger partial charge in [0.1, 0.15) is 5.75 Å². The lowest BCUT2D eigenvalue weighted by Gasteiger charge is -2.18. The third kappa shape index (κ3) is 5.62. The minimum Gasteiger partial charge on any atom is -0.494 e. The van der Waals surface area contributed by atoms with Crippen LogP contribution in [0.25, 0.3) is 0 Å². The van der Waals surface area contributed by atoms with Crippen LogP contribution in [0, 0.1) is 5.41 Å². The van der Waals surface area contributed by atoms with E-state index in [4.69, 9.17) is 4.74 Å². The van der Waals surface area contributed by atoms with E-state index in [0.29, 0.717) is 29.3 Å². The first-order chi connectivity index (χ1) is 12.3. The second-order valence-electron chi connectivity index (χ2n) is 7.12. The predicted octanol–water partition coefficient (Wildman–Crippen LogP) is 4.71. The highest BCUT2D eigenvalue weighted by atomic mass is 16.5. The summed E-state index contributed by atoms with van der Waals surface area (Å²) < 4.78 is 5.56. The molecule has 0 fully saturated rings. The first-order valence-electron chi connectivity index (χ1n) is 8.75. The van der Waals surface area contributed by atoms with Gasteiger partial charge < -0.3 is 15.4 Å². The molecule has 0 aliphatic heterocycles. The van der Waals surface area contributed by atoms with Crippen molar-refractivity contribution in [1.29, 1.82) is 0 Å². The summed E-state index contributed by atoms with van der Waals surface area (Å²) >= 11 is 0. The van der Waals surface area contributed by atoms with Gasteiger partial charge >= 0.3 is 0 Å². The minimum absolute atomic E-state index is 0.0817. The average molecular weight is 354 g/mol. The Labute approximate surface area is 154 Å². The summed E-state index contributed by atoms with van der Waals surface area (Å²) in [5.41, 5.74) is 1.28. The number of ether oxygens (including phenoxy) is 1. The van der Waals surface area contributed by atoms with Crippen molar-refractivity contribution >= 4 is 23.2 Å². The lowest BCUT2D eigenvalue weighted by Crippen LogP contribution is -2.27. The Hall–Kier alpha value is -2.82. The van der Waals surface area contributed by atoms with E-state index in [0.717, 1.165) is 6.42 Å². The summed E-state index contributed by atoms with van der Waals surface area (Å²) in [7, 11) is 0. The molecule has 2 aromatic carbocycles. The van der Waals surface area contributed by atoms with Gasteiger partial charge in [0.15, 0.2) is 0 Å². The van der Waals surface area contributed by atoms with Gasteiger partial charge in [-0.3, -0.25) is 9.59 Å². The van der Waals surface area contributed by atoms with Crippen LogP contribution in [0.15, 0.2) is 48.5 Å². The Bertz CT molecular complexity index is 779.